The maximum atomic E-state index is 12.5. The van der Waals surface area contributed by atoms with Gasteiger partial charge in [0.15, 0.2) is 0 Å². The first kappa shape index (κ1) is 18.2. The average Bonchev–Trinajstić information content (AvgIpc) is 3.19. The molecule has 0 spiro atoms. The van der Waals surface area contributed by atoms with Gasteiger partial charge in [-0.05, 0) is 37.3 Å². The lowest BCUT2D eigenvalue weighted by atomic mass is 9.99. The number of rotatable bonds is 5. The number of hydrogen-bond donors (Lipinski definition) is 0. The van der Waals surface area contributed by atoms with E-state index in [0.717, 1.165) is 25.9 Å². The molecule has 0 aliphatic carbocycles. The molecule has 0 aromatic carbocycles. The Morgan fingerprint density at radius 2 is 2.20 bits per heavy atom. The predicted molar refractivity (Wildman–Crippen MR) is 103 cm³/mol. The molecule has 0 radical (unpaired) electrons. The number of thiocarbonyl (C=S) groups is 1. The van der Waals surface area contributed by atoms with Gasteiger partial charge in [0.2, 0.25) is 5.91 Å². The highest BCUT2D eigenvalue weighted by Gasteiger charge is 2.32. The molecule has 0 atom stereocenters. The number of hydrogen-bond acceptors (Lipinski definition) is 5. The van der Waals surface area contributed by atoms with Gasteiger partial charge in [-0.1, -0.05) is 30.9 Å². The Balaban J connectivity index is 1.49. The van der Waals surface area contributed by atoms with Gasteiger partial charge in [0.05, 0.1) is 11.2 Å². The highest BCUT2D eigenvalue weighted by Crippen LogP contribution is 2.32. The van der Waals surface area contributed by atoms with Crippen molar-refractivity contribution in [3.8, 4) is 0 Å². The molecule has 1 aromatic rings. The first-order valence-electron chi connectivity index (χ1n) is 8.61. The van der Waals surface area contributed by atoms with Crippen LogP contribution in [-0.4, -0.2) is 45.6 Å². The Kier molecular flexibility index (Phi) is 5.96. The molecule has 7 heteroatoms. The number of furan rings is 1. The molecule has 5 nitrogen and oxygen atoms in total. The van der Waals surface area contributed by atoms with Crippen LogP contribution in [0.1, 0.15) is 38.4 Å². The van der Waals surface area contributed by atoms with Crippen LogP contribution in [0.4, 0.5) is 0 Å². The highest BCUT2D eigenvalue weighted by atomic mass is 32.2. The van der Waals surface area contributed by atoms with Gasteiger partial charge in [0.25, 0.3) is 5.91 Å². The van der Waals surface area contributed by atoms with Crippen molar-refractivity contribution in [2.75, 3.05) is 19.6 Å². The molecule has 0 unspecified atom stereocenters. The Morgan fingerprint density at radius 3 is 2.88 bits per heavy atom. The third-order valence-electron chi connectivity index (χ3n) is 4.60. The van der Waals surface area contributed by atoms with Crippen molar-refractivity contribution >= 4 is 46.2 Å². The monoisotopic (exact) mass is 378 g/mol. The van der Waals surface area contributed by atoms with Gasteiger partial charge >= 0.3 is 0 Å². The van der Waals surface area contributed by atoms with E-state index in [-0.39, 0.29) is 11.8 Å². The molecule has 2 saturated heterocycles. The summed E-state index contributed by atoms with van der Waals surface area (Å²) < 4.78 is 5.79. The molecule has 0 N–H and O–H groups in total. The summed E-state index contributed by atoms with van der Waals surface area (Å²) in [5.74, 6) is 1.42. The Bertz CT molecular complexity index is 677. The largest absolute Gasteiger partial charge is 0.465 e. The van der Waals surface area contributed by atoms with Gasteiger partial charge in [-0.2, -0.15) is 0 Å². The summed E-state index contributed by atoms with van der Waals surface area (Å²) in [7, 11) is 0. The number of nitrogens with zero attached hydrogens (tertiary/aromatic N) is 2. The molecule has 134 valence electrons. The van der Waals surface area contributed by atoms with Crippen molar-refractivity contribution in [1.29, 1.82) is 0 Å². The topological polar surface area (TPSA) is 53.8 Å². The average molecular weight is 379 g/mol. The first-order valence-corrected chi connectivity index (χ1v) is 9.83. The summed E-state index contributed by atoms with van der Waals surface area (Å²) in [4.78, 5) is 28.8. The van der Waals surface area contributed by atoms with Crippen LogP contribution < -0.4 is 0 Å². The molecule has 2 aliphatic heterocycles. The molecule has 3 heterocycles. The minimum Gasteiger partial charge on any atom is -0.465 e. The van der Waals surface area contributed by atoms with E-state index in [1.807, 2.05) is 4.90 Å². The number of carbonyl (C=O) groups excluding carboxylic acids is 2. The van der Waals surface area contributed by atoms with Gasteiger partial charge < -0.3 is 9.32 Å². The molecule has 0 saturated carbocycles. The first-order chi connectivity index (χ1) is 12.0. The standard InChI is InChI=1S/C18H22N2O3S2/c1-13-6-9-19(10-7-13)16(21)5-2-8-20-17(22)15(25-18(20)24)12-14-4-3-11-23-14/h3-4,11-13H,2,5-10H2,1H3/b15-12+. The van der Waals surface area contributed by atoms with Crippen LogP contribution in [0, 0.1) is 5.92 Å². The van der Waals surface area contributed by atoms with Crippen molar-refractivity contribution in [3.63, 3.8) is 0 Å². The molecular weight excluding hydrogens is 356 g/mol. The lowest BCUT2D eigenvalue weighted by Crippen LogP contribution is -2.38. The lowest BCUT2D eigenvalue weighted by Gasteiger charge is -2.30. The van der Waals surface area contributed by atoms with E-state index in [0.29, 0.717) is 40.3 Å². The second-order valence-corrected chi connectivity index (χ2v) is 8.19. The summed E-state index contributed by atoms with van der Waals surface area (Å²) in [6.45, 7) is 4.42. The van der Waals surface area contributed by atoms with E-state index in [1.54, 1.807) is 29.4 Å². The minimum absolute atomic E-state index is 0.106. The zero-order chi connectivity index (χ0) is 17.8. The minimum atomic E-state index is -0.106. The molecule has 0 bridgehead atoms. The zero-order valence-electron chi connectivity index (χ0n) is 14.3. The maximum absolute atomic E-state index is 12.5. The summed E-state index contributed by atoms with van der Waals surface area (Å²) in [6.07, 6.45) is 6.53. The Morgan fingerprint density at radius 1 is 1.44 bits per heavy atom. The third-order valence-corrected chi connectivity index (χ3v) is 5.98. The van der Waals surface area contributed by atoms with Crippen molar-refractivity contribution in [2.45, 2.75) is 32.6 Å². The van der Waals surface area contributed by atoms with E-state index in [4.69, 9.17) is 16.6 Å². The van der Waals surface area contributed by atoms with E-state index in [9.17, 15) is 9.59 Å². The molecular formula is C18H22N2O3S2. The van der Waals surface area contributed by atoms with Crippen molar-refractivity contribution in [1.82, 2.24) is 9.80 Å². The smallest absolute Gasteiger partial charge is 0.266 e. The van der Waals surface area contributed by atoms with Gasteiger partial charge in [0.1, 0.15) is 10.1 Å². The summed E-state index contributed by atoms with van der Waals surface area (Å²) in [5.41, 5.74) is 0. The van der Waals surface area contributed by atoms with Gasteiger partial charge in [0, 0.05) is 32.1 Å². The van der Waals surface area contributed by atoms with Crippen LogP contribution in [0.15, 0.2) is 27.7 Å². The second-order valence-electron chi connectivity index (χ2n) is 6.52. The number of thioether (sulfide) groups is 1. The Hall–Kier alpha value is -1.60. The van der Waals surface area contributed by atoms with Crippen molar-refractivity contribution < 1.29 is 14.0 Å². The summed E-state index contributed by atoms with van der Waals surface area (Å²) >= 11 is 6.59. The number of likely N-dealkylation sites (tertiary alicyclic amines) is 1. The van der Waals surface area contributed by atoms with Crippen LogP contribution >= 0.6 is 24.0 Å². The fraction of sp³-hybridized carbons (Fsp3) is 0.500. The number of carbonyl (C=O) groups is 2. The van der Waals surface area contributed by atoms with E-state index < -0.39 is 0 Å². The van der Waals surface area contributed by atoms with Crippen LogP contribution in [0.3, 0.4) is 0 Å². The normalized spacial score (nSPS) is 20.8. The fourth-order valence-corrected chi connectivity index (χ4v) is 4.29. The van der Waals surface area contributed by atoms with E-state index in [2.05, 4.69) is 6.92 Å². The molecule has 1 aromatic heterocycles. The van der Waals surface area contributed by atoms with Crippen LogP contribution in [0.2, 0.25) is 0 Å². The Labute approximate surface area is 157 Å². The van der Waals surface area contributed by atoms with Gasteiger partial charge in [-0.3, -0.25) is 14.5 Å². The number of piperidine rings is 1. The van der Waals surface area contributed by atoms with Crippen molar-refractivity contribution in [3.05, 3.63) is 29.1 Å². The predicted octanol–water partition coefficient (Wildman–Crippen LogP) is 3.52. The summed E-state index contributed by atoms with van der Waals surface area (Å²) in [5, 5.41) is 0. The third kappa shape index (κ3) is 4.52. The SMILES string of the molecule is CC1CCN(C(=O)CCCN2C(=O)/C(=C\c3ccco3)SC2=S)CC1. The van der Waals surface area contributed by atoms with Crippen LogP contribution in [0.5, 0.6) is 0 Å². The maximum Gasteiger partial charge on any atom is 0.266 e. The van der Waals surface area contributed by atoms with Crippen molar-refractivity contribution in [2.24, 2.45) is 5.92 Å². The van der Waals surface area contributed by atoms with Crippen LogP contribution in [0.25, 0.3) is 6.08 Å². The molecule has 2 fully saturated rings. The second kappa shape index (κ2) is 8.19. The highest BCUT2D eigenvalue weighted by molar-refractivity contribution is 8.26. The van der Waals surface area contributed by atoms with Gasteiger partial charge in [-0.15, -0.1) is 0 Å². The lowest BCUT2D eigenvalue weighted by molar-refractivity contribution is -0.133. The summed E-state index contributed by atoms with van der Waals surface area (Å²) in [6, 6.07) is 3.57. The zero-order valence-corrected chi connectivity index (χ0v) is 15.9. The number of amides is 2. The fourth-order valence-electron chi connectivity index (χ4n) is 3.00. The molecule has 25 heavy (non-hydrogen) atoms. The van der Waals surface area contributed by atoms with E-state index in [1.165, 1.54) is 11.8 Å². The molecule has 3 rings (SSSR count). The molecule has 2 aliphatic rings. The molecule has 2 amide bonds. The van der Waals surface area contributed by atoms with Crippen LogP contribution in [-0.2, 0) is 9.59 Å². The van der Waals surface area contributed by atoms with E-state index >= 15 is 0 Å². The van der Waals surface area contributed by atoms with Gasteiger partial charge in [-0.25, -0.2) is 0 Å². The quantitative estimate of drug-likeness (QED) is 0.580.